The molecule has 2 aromatic heterocycles. The van der Waals surface area contributed by atoms with E-state index in [1.54, 1.807) is 12.4 Å². The van der Waals surface area contributed by atoms with Gasteiger partial charge in [0.25, 0.3) is 0 Å². The summed E-state index contributed by atoms with van der Waals surface area (Å²) in [7, 11) is 0. The molecule has 0 aliphatic heterocycles. The Kier molecular flexibility index (Phi) is 2.57. The number of nitrogen functional groups attached to an aromatic ring is 1. The maximum atomic E-state index is 5.66. The molecule has 80 valence electrons. The standard InChI is InChI=1S/C9H14N6/c1-7(6-15-4-2-3-12-15)13-8-5-11-14-9(8)10/h2-5,7,13H,6H2,1H3,(H3,10,11,14). The summed E-state index contributed by atoms with van der Waals surface area (Å²) in [6, 6.07) is 2.14. The number of nitrogens with zero attached hydrogens (tertiary/aromatic N) is 3. The number of hydrogen-bond donors (Lipinski definition) is 3. The molecule has 0 aliphatic carbocycles. The van der Waals surface area contributed by atoms with Crippen LogP contribution in [0.3, 0.4) is 0 Å². The van der Waals surface area contributed by atoms with E-state index in [9.17, 15) is 0 Å². The highest BCUT2D eigenvalue weighted by Crippen LogP contribution is 2.14. The summed E-state index contributed by atoms with van der Waals surface area (Å²) in [6.45, 7) is 2.85. The molecule has 2 rings (SSSR count). The number of H-pyrrole nitrogens is 1. The molecule has 6 nitrogen and oxygen atoms in total. The normalized spacial score (nSPS) is 12.6. The minimum atomic E-state index is 0.241. The van der Waals surface area contributed by atoms with E-state index in [0.717, 1.165) is 12.2 Å². The predicted molar refractivity (Wildman–Crippen MR) is 58.3 cm³/mol. The molecule has 1 unspecified atom stereocenters. The lowest BCUT2D eigenvalue weighted by Crippen LogP contribution is -2.22. The number of rotatable bonds is 4. The first-order valence-electron chi connectivity index (χ1n) is 4.78. The van der Waals surface area contributed by atoms with Crippen molar-refractivity contribution in [2.45, 2.75) is 19.5 Å². The molecule has 0 spiro atoms. The Bertz CT molecular complexity index is 404. The van der Waals surface area contributed by atoms with Crippen molar-refractivity contribution in [2.24, 2.45) is 0 Å². The molecule has 6 heteroatoms. The van der Waals surface area contributed by atoms with E-state index < -0.39 is 0 Å². The van der Waals surface area contributed by atoms with Crippen LogP contribution in [0.1, 0.15) is 6.92 Å². The SMILES string of the molecule is CC(Cn1cccn1)Nc1cn[nH]c1N. The Labute approximate surface area is 87.5 Å². The van der Waals surface area contributed by atoms with Gasteiger partial charge in [-0.05, 0) is 13.0 Å². The number of aromatic amines is 1. The number of anilines is 2. The maximum Gasteiger partial charge on any atom is 0.142 e. The lowest BCUT2D eigenvalue weighted by atomic mass is 10.3. The lowest BCUT2D eigenvalue weighted by Gasteiger charge is -2.14. The molecule has 2 aromatic rings. The summed E-state index contributed by atoms with van der Waals surface area (Å²) in [5.74, 6) is 0.558. The smallest absolute Gasteiger partial charge is 0.142 e. The van der Waals surface area contributed by atoms with Gasteiger partial charge in [-0.1, -0.05) is 0 Å². The van der Waals surface area contributed by atoms with Gasteiger partial charge in [-0.3, -0.25) is 9.78 Å². The summed E-state index contributed by atoms with van der Waals surface area (Å²) in [5.41, 5.74) is 6.49. The zero-order valence-corrected chi connectivity index (χ0v) is 8.51. The molecule has 1 atom stereocenters. The molecule has 0 saturated heterocycles. The van der Waals surface area contributed by atoms with Crippen molar-refractivity contribution >= 4 is 11.5 Å². The van der Waals surface area contributed by atoms with Gasteiger partial charge in [0.05, 0.1) is 18.4 Å². The third-order valence-electron chi connectivity index (χ3n) is 2.09. The lowest BCUT2D eigenvalue weighted by molar-refractivity contribution is 0.561. The van der Waals surface area contributed by atoms with Crippen LogP contribution in [-0.2, 0) is 6.54 Å². The first kappa shape index (κ1) is 9.57. The number of aromatic nitrogens is 4. The van der Waals surface area contributed by atoms with Gasteiger partial charge in [0.2, 0.25) is 0 Å². The van der Waals surface area contributed by atoms with Crippen LogP contribution in [0.15, 0.2) is 24.7 Å². The molecule has 0 bridgehead atoms. The minimum absolute atomic E-state index is 0.241. The van der Waals surface area contributed by atoms with Crippen molar-refractivity contribution in [2.75, 3.05) is 11.1 Å². The first-order chi connectivity index (χ1) is 7.25. The largest absolute Gasteiger partial charge is 0.382 e. The molecule has 0 fully saturated rings. The fourth-order valence-electron chi connectivity index (χ4n) is 1.41. The van der Waals surface area contributed by atoms with Gasteiger partial charge in [-0.15, -0.1) is 0 Å². The first-order valence-corrected chi connectivity index (χ1v) is 4.78. The van der Waals surface area contributed by atoms with Crippen molar-refractivity contribution in [1.82, 2.24) is 20.0 Å². The van der Waals surface area contributed by atoms with E-state index in [-0.39, 0.29) is 6.04 Å². The maximum absolute atomic E-state index is 5.66. The van der Waals surface area contributed by atoms with E-state index in [4.69, 9.17) is 5.73 Å². The van der Waals surface area contributed by atoms with E-state index in [2.05, 4.69) is 27.5 Å². The molecule has 0 aromatic carbocycles. The summed E-state index contributed by atoms with van der Waals surface area (Å²) in [6.07, 6.45) is 5.37. The monoisotopic (exact) mass is 206 g/mol. The van der Waals surface area contributed by atoms with Crippen LogP contribution >= 0.6 is 0 Å². The summed E-state index contributed by atoms with van der Waals surface area (Å²) in [4.78, 5) is 0. The Balaban J connectivity index is 1.93. The van der Waals surface area contributed by atoms with Gasteiger partial charge in [0, 0.05) is 18.4 Å². The van der Waals surface area contributed by atoms with Gasteiger partial charge in [0.15, 0.2) is 0 Å². The highest BCUT2D eigenvalue weighted by Gasteiger charge is 2.06. The summed E-state index contributed by atoms with van der Waals surface area (Å²) < 4.78 is 1.87. The Morgan fingerprint density at radius 1 is 1.67 bits per heavy atom. The Morgan fingerprint density at radius 2 is 2.53 bits per heavy atom. The van der Waals surface area contributed by atoms with Crippen molar-refractivity contribution in [3.63, 3.8) is 0 Å². The average molecular weight is 206 g/mol. The molecule has 0 saturated carbocycles. The highest BCUT2D eigenvalue weighted by molar-refractivity contribution is 5.60. The molecule has 0 aliphatic rings. The molecular weight excluding hydrogens is 192 g/mol. The second-order valence-corrected chi connectivity index (χ2v) is 3.47. The van der Waals surface area contributed by atoms with E-state index in [1.165, 1.54) is 0 Å². The third kappa shape index (κ3) is 2.28. The van der Waals surface area contributed by atoms with E-state index in [0.29, 0.717) is 5.82 Å². The Morgan fingerprint density at radius 3 is 3.13 bits per heavy atom. The van der Waals surface area contributed by atoms with Crippen molar-refractivity contribution < 1.29 is 0 Å². The zero-order valence-electron chi connectivity index (χ0n) is 8.51. The molecule has 0 amide bonds. The average Bonchev–Trinajstić information content (AvgIpc) is 2.79. The van der Waals surface area contributed by atoms with Gasteiger partial charge in [-0.25, -0.2) is 0 Å². The van der Waals surface area contributed by atoms with Crippen LogP contribution in [0.2, 0.25) is 0 Å². The molecular formula is C9H14N6. The minimum Gasteiger partial charge on any atom is -0.382 e. The van der Waals surface area contributed by atoms with Crippen molar-refractivity contribution in [3.05, 3.63) is 24.7 Å². The Hall–Kier alpha value is -1.98. The topological polar surface area (TPSA) is 84.5 Å². The third-order valence-corrected chi connectivity index (χ3v) is 2.09. The van der Waals surface area contributed by atoms with Gasteiger partial charge >= 0.3 is 0 Å². The highest BCUT2D eigenvalue weighted by atomic mass is 15.3. The van der Waals surface area contributed by atoms with Crippen molar-refractivity contribution in [3.8, 4) is 0 Å². The zero-order chi connectivity index (χ0) is 10.7. The fourth-order valence-corrected chi connectivity index (χ4v) is 1.41. The number of nitrogens with one attached hydrogen (secondary N) is 2. The molecule has 15 heavy (non-hydrogen) atoms. The summed E-state index contributed by atoms with van der Waals surface area (Å²) >= 11 is 0. The van der Waals surface area contributed by atoms with Crippen LogP contribution in [0.25, 0.3) is 0 Å². The summed E-state index contributed by atoms with van der Waals surface area (Å²) in [5, 5.41) is 13.9. The van der Waals surface area contributed by atoms with Crippen LogP contribution < -0.4 is 11.1 Å². The second kappa shape index (κ2) is 4.04. The van der Waals surface area contributed by atoms with Crippen LogP contribution in [0.4, 0.5) is 11.5 Å². The molecule has 2 heterocycles. The predicted octanol–water partition coefficient (Wildman–Crippen LogP) is 0.689. The van der Waals surface area contributed by atoms with Gasteiger partial charge in [0.1, 0.15) is 5.82 Å². The molecule has 4 N–H and O–H groups in total. The second-order valence-electron chi connectivity index (χ2n) is 3.47. The van der Waals surface area contributed by atoms with Crippen LogP contribution in [-0.4, -0.2) is 26.0 Å². The quantitative estimate of drug-likeness (QED) is 0.687. The van der Waals surface area contributed by atoms with Crippen LogP contribution in [0.5, 0.6) is 0 Å². The number of hydrogen-bond acceptors (Lipinski definition) is 4. The fraction of sp³-hybridized carbons (Fsp3) is 0.333. The number of nitrogens with two attached hydrogens (primary N) is 1. The van der Waals surface area contributed by atoms with E-state index in [1.807, 2.05) is 16.9 Å². The van der Waals surface area contributed by atoms with Crippen LogP contribution in [0, 0.1) is 0 Å². The van der Waals surface area contributed by atoms with Crippen molar-refractivity contribution in [1.29, 1.82) is 0 Å². The van der Waals surface area contributed by atoms with Gasteiger partial charge in [-0.2, -0.15) is 10.2 Å². The van der Waals surface area contributed by atoms with E-state index >= 15 is 0 Å². The van der Waals surface area contributed by atoms with Gasteiger partial charge < -0.3 is 11.1 Å². The molecule has 0 radical (unpaired) electrons.